The smallest absolute Gasteiger partial charge is 0.321 e. The largest absolute Gasteiger partial charge is 0.480 e. The van der Waals surface area contributed by atoms with Crippen molar-refractivity contribution in [2.45, 2.75) is 45.2 Å². The van der Waals surface area contributed by atoms with Crippen LogP contribution in [0, 0.1) is 5.92 Å². The lowest BCUT2D eigenvalue weighted by Gasteiger charge is -2.22. The normalized spacial score (nSPS) is 13.3. The van der Waals surface area contributed by atoms with Crippen LogP contribution < -0.4 is 5.32 Å². The average Bonchev–Trinajstić information content (AvgIpc) is 2.62. The van der Waals surface area contributed by atoms with E-state index >= 15 is 0 Å². The molecular formula is C22H27NO4. The van der Waals surface area contributed by atoms with Crippen molar-refractivity contribution < 1.29 is 19.8 Å². The van der Waals surface area contributed by atoms with Crippen LogP contribution in [0.3, 0.4) is 0 Å². The highest BCUT2D eigenvalue weighted by atomic mass is 16.4. The summed E-state index contributed by atoms with van der Waals surface area (Å²) in [7, 11) is 0. The molecule has 3 N–H and O–H groups in total. The first-order valence-electron chi connectivity index (χ1n) is 9.18. The van der Waals surface area contributed by atoms with Crippen LogP contribution in [-0.2, 0) is 22.4 Å². The van der Waals surface area contributed by atoms with Gasteiger partial charge in [-0.2, -0.15) is 0 Å². The Bertz CT molecular complexity index is 741. The van der Waals surface area contributed by atoms with Gasteiger partial charge in [-0.1, -0.05) is 68.4 Å². The monoisotopic (exact) mass is 369 g/mol. The molecule has 0 fully saturated rings. The van der Waals surface area contributed by atoms with Gasteiger partial charge in [0.15, 0.2) is 0 Å². The highest BCUT2D eigenvalue weighted by Crippen LogP contribution is 2.13. The molecule has 0 saturated heterocycles. The molecule has 2 atom stereocenters. The van der Waals surface area contributed by atoms with E-state index in [2.05, 4.69) is 17.4 Å². The summed E-state index contributed by atoms with van der Waals surface area (Å²) in [6.45, 7) is 3.83. The molecule has 144 valence electrons. The van der Waals surface area contributed by atoms with Gasteiger partial charge in [0.05, 0.1) is 0 Å². The molecule has 5 nitrogen and oxygen atoms in total. The summed E-state index contributed by atoms with van der Waals surface area (Å²) in [5.74, 6) is -1.91. The van der Waals surface area contributed by atoms with Crippen molar-refractivity contribution in [3.05, 3.63) is 71.3 Å². The molecule has 2 aromatic rings. The van der Waals surface area contributed by atoms with Crippen LogP contribution in [0.1, 0.15) is 37.0 Å². The summed E-state index contributed by atoms with van der Waals surface area (Å²) in [5.41, 5.74) is 3.22. The molecular weight excluding hydrogens is 342 g/mol. The number of hydrogen-bond donors (Lipinski definition) is 3. The van der Waals surface area contributed by atoms with Gasteiger partial charge < -0.3 is 10.2 Å². The van der Waals surface area contributed by atoms with Gasteiger partial charge in [0.25, 0.3) is 0 Å². The average molecular weight is 369 g/mol. The van der Waals surface area contributed by atoms with Crippen LogP contribution in [-0.4, -0.2) is 34.2 Å². The maximum atomic E-state index is 11.6. The van der Waals surface area contributed by atoms with Gasteiger partial charge in [-0.25, -0.2) is 0 Å². The molecule has 27 heavy (non-hydrogen) atoms. The second-order valence-corrected chi connectivity index (χ2v) is 7.26. The van der Waals surface area contributed by atoms with E-state index in [-0.39, 0.29) is 12.3 Å². The number of hydrogen-bond acceptors (Lipinski definition) is 3. The predicted octanol–water partition coefficient (Wildman–Crippen LogP) is 3.36. The molecule has 0 aliphatic carbocycles. The Morgan fingerprint density at radius 1 is 0.815 bits per heavy atom. The Kier molecular flexibility index (Phi) is 7.55. The first-order chi connectivity index (χ1) is 12.8. The van der Waals surface area contributed by atoms with E-state index in [1.165, 1.54) is 5.56 Å². The molecule has 0 aliphatic rings. The van der Waals surface area contributed by atoms with Crippen LogP contribution in [0.4, 0.5) is 0 Å². The third-order valence-electron chi connectivity index (χ3n) is 4.42. The number of nitrogens with one attached hydrogen (secondary N) is 1. The third kappa shape index (κ3) is 6.87. The predicted molar refractivity (Wildman–Crippen MR) is 105 cm³/mol. The van der Waals surface area contributed by atoms with E-state index in [1.807, 2.05) is 56.3 Å². The molecule has 2 aromatic carbocycles. The molecule has 0 heterocycles. The van der Waals surface area contributed by atoms with E-state index in [9.17, 15) is 19.8 Å². The first kappa shape index (κ1) is 20.6. The van der Waals surface area contributed by atoms with Crippen LogP contribution in [0.5, 0.6) is 0 Å². The molecule has 5 heteroatoms. The minimum atomic E-state index is -1.04. The van der Waals surface area contributed by atoms with Crippen molar-refractivity contribution in [2.24, 2.45) is 5.92 Å². The summed E-state index contributed by atoms with van der Waals surface area (Å²) in [4.78, 5) is 23.0. The van der Waals surface area contributed by atoms with Crippen LogP contribution >= 0.6 is 0 Å². The van der Waals surface area contributed by atoms with Crippen molar-refractivity contribution in [3.8, 4) is 0 Å². The number of carbonyl (C=O) groups is 2. The molecule has 0 bridgehead atoms. The van der Waals surface area contributed by atoms with Crippen LogP contribution in [0.15, 0.2) is 54.6 Å². The number of benzene rings is 2. The van der Waals surface area contributed by atoms with Crippen molar-refractivity contribution in [2.75, 3.05) is 0 Å². The second-order valence-electron chi connectivity index (χ2n) is 7.26. The summed E-state index contributed by atoms with van der Waals surface area (Å²) < 4.78 is 0. The summed E-state index contributed by atoms with van der Waals surface area (Å²) in [6.07, 6.45) is 1.44. The van der Waals surface area contributed by atoms with E-state index in [0.717, 1.165) is 17.5 Å². The van der Waals surface area contributed by atoms with Crippen molar-refractivity contribution in [1.82, 2.24) is 5.32 Å². The van der Waals surface area contributed by atoms with Crippen molar-refractivity contribution >= 4 is 11.9 Å². The van der Waals surface area contributed by atoms with E-state index in [4.69, 9.17) is 0 Å². The van der Waals surface area contributed by atoms with Gasteiger partial charge in [0, 0.05) is 0 Å². The molecule has 0 saturated carbocycles. The third-order valence-corrected chi connectivity index (χ3v) is 4.42. The quantitative estimate of drug-likeness (QED) is 0.598. The Labute approximate surface area is 160 Å². The summed E-state index contributed by atoms with van der Waals surface area (Å²) >= 11 is 0. The van der Waals surface area contributed by atoms with Gasteiger partial charge in [-0.3, -0.25) is 14.9 Å². The zero-order valence-electron chi connectivity index (χ0n) is 15.8. The zero-order chi connectivity index (χ0) is 19.8. The fraction of sp³-hybridized carbons (Fsp3) is 0.364. The summed E-state index contributed by atoms with van der Waals surface area (Å²) in [6, 6.07) is 16.1. The Balaban J connectivity index is 2.03. The lowest BCUT2D eigenvalue weighted by atomic mass is 9.99. The molecule has 0 amide bonds. The highest BCUT2D eigenvalue weighted by Gasteiger charge is 2.26. The molecule has 0 spiro atoms. The molecule has 0 unspecified atom stereocenters. The first-order valence-corrected chi connectivity index (χ1v) is 9.18. The van der Waals surface area contributed by atoms with Gasteiger partial charge in [0.1, 0.15) is 12.1 Å². The Morgan fingerprint density at radius 3 is 1.85 bits per heavy atom. The van der Waals surface area contributed by atoms with Crippen LogP contribution in [0.25, 0.3) is 0 Å². The fourth-order valence-corrected chi connectivity index (χ4v) is 3.03. The maximum absolute atomic E-state index is 11.6. The van der Waals surface area contributed by atoms with E-state index in [0.29, 0.717) is 6.42 Å². The second kappa shape index (κ2) is 9.88. The molecule has 0 radical (unpaired) electrons. The number of carboxylic acid groups (broad SMARTS) is 2. The Morgan fingerprint density at radius 2 is 1.33 bits per heavy atom. The molecule has 2 rings (SSSR count). The SMILES string of the molecule is CC(C)C[C@H](N[C@@H](Cc1ccc(Cc2ccccc2)cc1)C(=O)O)C(=O)O. The lowest BCUT2D eigenvalue weighted by Crippen LogP contribution is -2.48. The number of rotatable bonds is 10. The van der Waals surface area contributed by atoms with E-state index in [1.54, 1.807) is 0 Å². The Hall–Kier alpha value is -2.66. The molecule has 0 aliphatic heterocycles. The minimum absolute atomic E-state index is 0.158. The number of carboxylic acids is 2. The fourth-order valence-electron chi connectivity index (χ4n) is 3.03. The van der Waals surface area contributed by atoms with Crippen LogP contribution in [0.2, 0.25) is 0 Å². The van der Waals surface area contributed by atoms with Gasteiger partial charge in [0.2, 0.25) is 0 Å². The summed E-state index contributed by atoms with van der Waals surface area (Å²) in [5, 5.41) is 21.6. The standard InChI is InChI=1S/C22H27NO4/c1-15(2)12-19(21(24)25)23-20(22(26)27)14-18-10-8-17(9-11-18)13-16-6-4-3-5-7-16/h3-11,15,19-20,23H,12-14H2,1-2H3,(H,24,25)(H,26,27)/t19-,20-/m0/s1. The van der Waals surface area contributed by atoms with Gasteiger partial charge in [-0.05, 0) is 41.9 Å². The molecule has 0 aromatic heterocycles. The maximum Gasteiger partial charge on any atom is 0.321 e. The highest BCUT2D eigenvalue weighted by molar-refractivity contribution is 5.77. The minimum Gasteiger partial charge on any atom is -0.480 e. The van der Waals surface area contributed by atoms with E-state index < -0.39 is 24.0 Å². The van der Waals surface area contributed by atoms with Gasteiger partial charge in [-0.15, -0.1) is 0 Å². The van der Waals surface area contributed by atoms with Crippen molar-refractivity contribution in [3.63, 3.8) is 0 Å². The zero-order valence-corrected chi connectivity index (χ0v) is 15.8. The van der Waals surface area contributed by atoms with Crippen molar-refractivity contribution in [1.29, 1.82) is 0 Å². The van der Waals surface area contributed by atoms with Gasteiger partial charge >= 0.3 is 11.9 Å². The number of aliphatic carboxylic acids is 2. The topological polar surface area (TPSA) is 86.6 Å². The lowest BCUT2D eigenvalue weighted by molar-refractivity contribution is -0.142.